The van der Waals surface area contributed by atoms with Gasteiger partial charge >= 0.3 is 0 Å². The smallest absolute Gasteiger partial charge is 0.293 e. The number of nitrogens with one attached hydrogen (secondary N) is 1. The Kier molecular flexibility index (Phi) is 6.45. The molecule has 2 aromatic rings. The number of ether oxygens (including phenoxy) is 1. The highest BCUT2D eigenvalue weighted by Gasteiger charge is 2.35. The third-order valence-electron chi connectivity index (χ3n) is 5.07. The molecule has 0 saturated carbocycles. The van der Waals surface area contributed by atoms with Crippen LogP contribution in [0, 0.1) is 5.82 Å². The van der Waals surface area contributed by atoms with E-state index < -0.39 is 29.0 Å². The number of anilines is 1. The third-order valence-corrected chi connectivity index (χ3v) is 5.98. The lowest BCUT2D eigenvalue weighted by molar-refractivity contribution is -0.128. The minimum atomic E-state index is -0.712. The fourth-order valence-electron chi connectivity index (χ4n) is 3.43. The third kappa shape index (κ3) is 4.90. The molecular formula is C23H20FN3O5S. The van der Waals surface area contributed by atoms with Crippen molar-refractivity contribution in [2.75, 3.05) is 24.5 Å². The monoisotopic (exact) mass is 469 g/mol. The molecule has 2 aliphatic rings. The Hall–Kier alpha value is -3.66. The molecule has 0 radical (unpaired) electrons. The number of nitrogens with zero attached hydrogens (tertiary/aromatic N) is 2. The van der Waals surface area contributed by atoms with E-state index in [1.807, 2.05) is 0 Å². The fraction of sp³-hybridized carbons (Fsp3) is 0.217. The number of thioether (sulfide) groups is 1. The Bertz CT molecular complexity index is 1150. The molecule has 1 unspecified atom stereocenters. The predicted molar refractivity (Wildman–Crippen MR) is 121 cm³/mol. The van der Waals surface area contributed by atoms with Crippen LogP contribution in [0.2, 0.25) is 0 Å². The summed E-state index contributed by atoms with van der Waals surface area (Å²) >= 11 is 0.786. The molecule has 0 bridgehead atoms. The first-order valence-electron chi connectivity index (χ1n) is 10.2. The summed E-state index contributed by atoms with van der Waals surface area (Å²) in [7, 11) is 0. The summed E-state index contributed by atoms with van der Waals surface area (Å²) < 4.78 is 18.6. The summed E-state index contributed by atoms with van der Waals surface area (Å²) in [5, 5.41) is 2.19. The topological polar surface area (TPSA) is 96.0 Å². The van der Waals surface area contributed by atoms with Gasteiger partial charge in [0.05, 0.1) is 10.6 Å². The number of amides is 4. The molecule has 4 rings (SSSR count). The van der Waals surface area contributed by atoms with Crippen LogP contribution in [0.3, 0.4) is 0 Å². The molecule has 170 valence electrons. The molecule has 0 aliphatic carbocycles. The van der Waals surface area contributed by atoms with E-state index in [2.05, 4.69) is 5.32 Å². The van der Waals surface area contributed by atoms with Gasteiger partial charge in [0, 0.05) is 13.1 Å². The molecule has 2 heterocycles. The Morgan fingerprint density at radius 1 is 1.12 bits per heavy atom. The number of fused-ring (bicyclic) bond motifs is 1. The van der Waals surface area contributed by atoms with Gasteiger partial charge in [0.2, 0.25) is 5.91 Å². The molecule has 0 spiro atoms. The number of carbonyl (C=O) groups excluding carboxylic acids is 4. The summed E-state index contributed by atoms with van der Waals surface area (Å²) in [4.78, 5) is 52.4. The molecule has 2 aromatic carbocycles. The van der Waals surface area contributed by atoms with Crippen molar-refractivity contribution in [1.29, 1.82) is 0 Å². The Labute approximate surface area is 193 Å². The maximum atomic E-state index is 13.0. The van der Waals surface area contributed by atoms with E-state index in [1.165, 1.54) is 35.2 Å². The normalized spacial score (nSPS) is 19.0. The largest absolute Gasteiger partial charge is 0.479 e. The Morgan fingerprint density at radius 2 is 1.85 bits per heavy atom. The van der Waals surface area contributed by atoms with E-state index in [-0.39, 0.29) is 30.4 Å². The second kappa shape index (κ2) is 9.45. The average Bonchev–Trinajstić information content (AvgIpc) is 3.05. The van der Waals surface area contributed by atoms with E-state index in [0.717, 1.165) is 16.7 Å². The van der Waals surface area contributed by atoms with Crippen LogP contribution in [-0.2, 0) is 14.4 Å². The van der Waals surface area contributed by atoms with Crippen molar-refractivity contribution in [3.05, 3.63) is 64.8 Å². The minimum absolute atomic E-state index is 0.0127. The SMILES string of the molecule is CC1Oc2ccccc2N(CC(=O)NCCN2C(=O)S/C(=C\c3ccc(F)cc3)C2=O)C1=O. The summed E-state index contributed by atoms with van der Waals surface area (Å²) in [5.74, 6) is -1.12. The molecule has 33 heavy (non-hydrogen) atoms. The van der Waals surface area contributed by atoms with E-state index in [9.17, 15) is 23.6 Å². The molecule has 1 N–H and O–H groups in total. The van der Waals surface area contributed by atoms with E-state index in [4.69, 9.17) is 4.74 Å². The summed E-state index contributed by atoms with van der Waals surface area (Å²) in [5.41, 5.74) is 1.10. The number of halogens is 1. The molecule has 1 saturated heterocycles. The molecule has 10 heteroatoms. The van der Waals surface area contributed by atoms with Gasteiger partial charge in [0.25, 0.3) is 17.1 Å². The van der Waals surface area contributed by atoms with Crippen LogP contribution in [0.5, 0.6) is 5.75 Å². The van der Waals surface area contributed by atoms with Gasteiger partial charge in [-0.1, -0.05) is 24.3 Å². The lowest BCUT2D eigenvalue weighted by atomic mass is 10.2. The van der Waals surface area contributed by atoms with Crippen LogP contribution in [0.25, 0.3) is 6.08 Å². The van der Waals surface area contributed by atoms with Crippen molar-refractivity contribution in [3.8, 4) is 5.75 Å². The zero-order valence-corrected chi connectivity index (χ0v) is 18.4. The van der Waals surface area contributed by atoms with Crippen LogP contribution in [0.1, 0.15) is 12.5 Å². The molecular weight excluding hydrogens is 449 g/mol. The van der Waals surface area contributed by atoms with Gasteiger partial charge in [-0.05, 0) is 54.6 Å². The van der Waals surface area contributed by atoms with Crippen molar-refractivity contribution in [1.82, 2.24) is 10.2 Å². The van der Waals surface area contributed by atoms with Crippen molar-refractivity contribution in [3.63, 3.8) is 0 Å². The van der Waals surface area contributed by atoms with E-state index >= 15 is 0 Å². The summed E-state index contributed by atoms with van der Waals surface area (Å²) in [6.45, 7) is 1.43. The average molecular weight is 469 g/mol. The van der Waals surface area contributed by atoms with E-state index in [0.29, 0.717) is 17.0 Å². The molecule has 1 atom stereocenters. The summed E-state index contributed by atoms with van der Waals surface area (Å²) in [6, 6.07) is 12.5. The van der Waals surface area contributed by atoms with Crippen molar-refractivity contribution >= 4 is 46.5 Å². The molecule has 4 amide bonds. The van der Waals surface area contributed by atoms with Gasteiger partial charge in [-0.15, -0.1) is 0 Å². The number of rotatable bonds is 6. The number of imide groups is 1. The standard InChI is InChI=1S/C23H20FN3O5S/c1-14-21(29)27(17-4-2-3-5-18(17)32-14)13-20(28)25-10-11-26-22(30)19(33-23(26)31)12-15-6-8-16(24)9-7-15/h2-9,12,14H,10-11,13H2,1H3,(H,25,28)/b19-12-. The number of hydrogen-bond acceptors (Lipinski definition) is 6. The van der Waals surface area contributed by atoms with Gasteiger partial charge in [-0.3, -0.25) is 29.0 Å². The van der Waals surface area contributed by atoms with Crippen LogP contribution in [0.4, 0.5) is 14.9 Å². The van der Waals surface area contributed by atoms with Crippen LogP contribution < -0.4 is 15.0 Å². The van der Waals surface area contributed by atoms with Gasteiger partial charge in [0.1, 0.15) is 18.1 Å². The maximum Gasteiger partial charge on any atom is 0.293 e. The van der Waals surface area contributed by atoms with Gasteiger partial charge < -0.3 is 10.1 Å². The van der Waals surface area contributed by atoms with Crippen molar-refractivity contribution < 1.29 is 28.3 Å². The second-order valence-corrected chi connectivity index (χ2v) is 8.38. The van der Waals surface area contributed by atoms with E-state index in [1.54, 1.807) is 31.2 Å². The quantitative estimate of drug-likeness (QED) is 0.654. The predicted octanol–water partition coefficient (Wildman–Crippen LogP) is 2.79. The number of benzene rings is 2. The zero-order chi connectivity index (χ0) is 23.5. The Morgan fingerprint density at radius 3 is 2.61 bits per heavy atom. The van der Waals surface area contributed by atoms with Gasteiger partial charge in [-0.25, -0.2) is 4.39 Å². The van der Waals surface area contributed by atoms with Gasteiger partial charge in [-0.2, -0.15) is 0 Å². The zero-order valence-electron chi connectivity index (χ0n) is 17.6. The number of hydrogen-bond donors (Lipinski definition) is 1. The van der Waals surface area contributed by atoms with Crippen LogP contribution in [0.15, 0.2) is 53.4 Å². The molecule has 0 aromatic heterocycles. The number of para-hydroxylation sites is 2. The highest BCUT2D eigenvalue weighted by molar-refractivity contribution is 8.18. The van der Waals surface area contributed by atoms with Crippen molar-refractivity contribution in [2.24, 2.45) is 0 Å². The molecule has 1 fully saturated rings. The fourth-order valence-corrected chi connectivity index (χ4v) is 4.30. The maximum absolute atomic E-state index is 13.0. The molecule has 8 nitrogen and oxygen atoms in total. The lowest BCUT2D eigenvalue weighted by Crippen LogP contribution is -2.49. The highest BCUT2D eigenvalue weighted by Crippen LogP contribution is 2.33. The first kappa shape index (κ1) is 22.5. The highest BCUT2D eigenvalue weighted by atomic mass is 32.2. The number of carbonyl (C=O) groups is 4. The lowest BCUT2D eigenvalue weighted by Gasteiger charge is -2.32. The van der Waals surface area contributed by atoms with Gasteiger partial charge in [0.15, 0.2) is 6.10 Å². The Balaban J connectivity index is 1.33. The first-order valence-corrected chi connectivity index (χ1v) is 11.0. The minimum Gasteiger partial charge on any atom is -0.479 e. The first-order chi connectivity index (χ1) is 15.8. The van der Waals surface area contributed by atoms with Crippen LogP contribution >= 0.6 is 11.8 Å². The van der Waals surface area contributed by atoms with Crippen LogP contribution in [-0.4, -0.2) is 53.6 Å². The summed E-state index contributed by atoms with van der Waals surface area (Å²) in [6.07, 6.45) is 0.807. The van der Waals surface area contributed by atoms with Crippen molar-refractivity contribution in [2.45, 2.75) is 13.0 Å². The second-order valence-electron chi connectivity index (χ2n) is 7.39. The molecule has 2 aliphatic heterocycles.